The Kier molecular flexibility index (Phi) is 3.67. The van der Waals surface area contributed by atoms with Gasteiger partial charge in [-0.2, -0.15) is 0 Å². The minimum absolute atomic E-state index is 0.0581. The summed E-state index contributed by atoms with van der Waals surface area (Å²) in [5.74, 6) is 0. The first-order valence-electron chi connectivity index (χ1n) is 7.15. The van der Waals surface area contributed by atoms with Crippen molar-refractivity contribution in [3.05, 3.63) is 71.0 Å². The molecule has 1 heterocycles. The molecule has 21 heavy (non-hydrogen) atoms. The molecule has 0 radical (unpaired) electrons. The highest BCUT2D eigenvalue weighted by Gasteiger charge is 2.16. The predicted octanol–water partition coefficient (Wildman–Crippen LogP) is 3.56. The van der Waals surface area contributed by atoms with Gasteiger partial charge in [0.15, 0.2) is 0 Å². The van der Waals surface area contributed by atoms with Crippen molar-refractivity contribution in [2.75, 3.05) is 7.05 Å². The van der Waals surface area contributed by atoms with E-state index in [-0.39, 0.29) is 6.04 Å². The SMILES string of the molecule is CNC(c1cnc2ccccc2n1)c1ccc(C)cc1C. The maximum atomic E-state index is 4.76. The van der Waals surface area contributed by atoms with Crippen LogP contribution in [-0.2, 0) is 0 Å². The second-order valence-electron chi connectivity index (χ2n) is 5.37. The molecule has 0 aliphatic rings. The Labute approximate surface area is 125 Å². The molecule has 0 saturated carbocycles. The first-order chi connectivity index (χ1) is 10.2. The van der Waals surface area contributed by atoms with Gasteiger partial charge in [0.25, 0.3) is 0 Å². The topological polar surface area (TPSA) is 37.8 Å². The molecule has 1 atom stereocenters. The Bertz CT molecular complexity index is 780. The molecule has 2 aromatic carbocycles. The van der Waals surface area contributed by atoms with Gasteiger partial charge in [0.05, 0.1) is 29.0 Å². The van der Waals surface area contributed by atoms with Gasteiger partial charge in [-0.05, 0) is 44.2 Å². The van der Waals surface area contributed by atoms with Gasteiger partial charge in [-0.3, -0.25) is 4.98 Å². The van der Waals surface area contributed by atoms with E-state index in [1.54, 1.807) is 0 Å². The largest absolute Gasteiger partial charge is 0.308 e. The van der Waals surface area contributed by atoms with Crippen molar-refractivity contribution in [3.63, 3.8) is 0 Å². The van der Waals surface area contributed by atoms with Gasteiger partial charge in [-0.25, -0.2) is 4.98 Å². The van der Waals surface area contributed by atoms with E-state index in [0.717, 1.165) is 16.7 Å². The zero-order valence-corrected chi connectivity index (χ0v) is 12.6. The molecule has 0 spiro atoms. The fourth-order valence-electron chi connectivity index (χ4n) is 2.72. The lowest BCUT2D eigenvalue weighted by atomic mass is 9.97. The molecular weight excluding hydrogens is 258 g/mol. The lowest BCUT2D eigenvalue weighted by Gasteiger charge is -2.19. The van der Waals surface area contributed by atoms with Crippen LogP contribution in [0.5, 0.6) is 0 Å². The van der Waals surface area contributed by atoms with Gasteiger partial charge < -0.3 is 5.32 Å². The van der Waals surface area contributed by atoms with E-state index in [1.165, 1.54) is 16.7 Å². The van der Waals surface area contributed by atoms with E-state index in [2.05, 4.69) is 42.3 Å². The minimum Gasteiger partial charge on any atom is -0.308 e. The van der Waals surface area contributed by atoms with Crippen LogP contribution in [0, 0.1) is 13.8 Å². The number of rotatable bonds is 3. The van der Waals surface area contributed by atoms with Crippen LogP contribution >= 0.6 is 0 Å². The second kappa shape index (κ2) is 5.62. The van der Waals surface area contributed by atoms with E-state index in [4.69, 9.17) is 4.98 Å². The summed E-state index contributed by atoms with van der Waals surface area (Å²) in [5, 5.41) is 3.36. The molecule has 1 N–H and O–H groups in total. The maximum Gasteiger partial charge on any atom is 0.0890 e. The van der Waals surface area contributed by atoms with Gasteiger partial charge in [0.1, 0.15) is 0 Å². The molecule has 0 aliphatic heterocycles. The molecule has 0 aliphatic carbocycles. The van der Waals surface area contributed by atoms with Crippen LogP contribution in [0.2, 0.25) is 0 Å². The Morgan fingerprint density at radius 3 is 2.48 bits per heavy atom. The average Bonchev–Trinajstić information content (AvgIpc) is 2.50. The summed E-state index contributed by atoms with van der Waals surface area (Å²) in [6, 6.07) is 14.5. The summed E-state index contributed by atoms with van der Waals surface area (Å²) >= 11 is 0. The van der Waals surface area contributed by atoms with Gasteiger partial charge in [-0.1, -0.05) is 35.9 Å². The van der Waals surface area contributed by atoms with Crippen molar-refractivity contribution >= 4 is 11.0 Å². The van der Waals surface area contributed by atoms with Gasteiger partial charge in [0.2, 0.25) is 0 Å². The predicted molar refractivity (Wildman–Crippen MR) is 86.4 cm³/mol. The van der Waals surface area contributed by atoms with Crippen molar-refractivity contribution in [1.82, 2.24) is 15.3 Å². The molecule has 0 bridgehead atoms. The highest BCUT2D eigenvalue weighted by Crippen LogP contribution is 2.24. The molecule has 3 aromatic rings. The minimum atomic E-state index is 0.0581. The molecule has 0 fully saturated rings. The number of hydrogen-bond acceptors (Lipinski definition) is 3. The van der Waals surface area contributed by atoms with Gasteiger partial charge >= 0.3 is 0 Å². The zero-order chi connectivity index (χ0) is 14.8. The number of para-hydroxylation sites is 2. The van der Waals surface area contributed by atoms with Crippen LogP contribution in [-0.4, -0.2) is 17.0 Å². The summed E-state index contributed by atoms with van der Waals surface area (Å²) in [6.07, 6.45) is 1.86. The van der Waals surface area contributed by atoms with Crippen molar-refractivity contribution in [2.24, 2.45) is 0 Å². The van der Waals surface area contributed by atoms with Crippen LogP contribution in [0.4, 0.5) is 0 Å². The average molecular weight is 277 g/mol. The van der Waals surface area contributed by atoms with Crippen LogP contribution in [0.25, 0.3) is 11.0 Å². The zero-order valence-electron chi connectivity index (χ0n) is 12.6. The van der Waals surface area contributed by atoms with Crippen molar-refractivity contribution in [1.29, 1.82) is 0 Å². The number of hydrogen-bond donors (Lipinski definition) is 1. The fourth-order valence-corrected chi connectivity index (χ4v) is 2.72. The van der Waals surface area contributed by atoms with Gasteiger partial charge in [-0.15, -0.1) is 0 Å². The fraction of sp³-hybridized carbons (Fsp3) is 0.222. The maximum absolute atomic E-state index is 4.76. The molecule has 3 heteroatoms. The standard InChI is InChI=1S/C18H19N3/c1-12-8-9-14(13(2)10-12)18(19-3)17-11-20-15-6-4-5-7-16(15)21-17/h4-11,18-19H,1-3H3. The lowest BCUT2D eigenvalue weighted by Crippen LogP contribution is -2.20. The van der Waals surface area contributed by atoms with E-state index >= 15 is 0 Å². The van der Waals surface area contributed by atoms with E-state index in [1.807, 2.05) is 37.5 Å². The van der Waals surface area contributed by atoms with Gasteiger partial charge in [0, 0.05) is 0 Å². The third-order valence-corrected chi connectivity index (χ3v) is 3.79. The Morgan fingerprint density at radius 1 is 1.00 bits per heavy atom. The van der Waals surface area contributed by atoms with Crippen molar-refractivity contribution in [2.45, 2.75) is 19.9 Å². The first kappa shape index (κ1) is 13.7. The number of aromatic nitrogens is 2. The quantitative estimate of drug-likeness (QED) is 0.795. The number of fused-ring (bicyclic) bond motifs is 1. The highest BCUT2D eigenvalue weighted by molar-refractivity contribution is 5.73. The number of nitrogens with one attached hydrogen (secondary N) is 1. The molecular formula is C18H19N3. The second-order valence-corrected chi connectivity index (χ2v) is 5.37. The monoisotopic (exact) mass is 277 g/mol. The molecule has 3 rings (SSSR count). The van der Waals surface area contributed by atoms with Crippen LogP contribution in [0.3, 0.4) is 0 Å². The van der Waals surface area contributed by atoms with Crippen molar-refractivity contribution in [3.8, 4) is 0 Å². The number of benzene rings is 2. The lowest BCUT2D eigenvalue weighted by molar-refractivity contribution is 0.666. The summed E-state index contributed by atoms with van der Waals surface area (Å²) in [7, 11) is 1.96. The molecule has 0 amide bonds. The highest BCUT2D eigenvalue weighted by atomic mass is 14.9. The summed E-state index contributed by atoms with van der Waals surface area (Å²) in [6.45, 7) is 4.25. The van der Waals surface area contributed by atoms with Crippen LogP contribution in [0.1, 0.15) is 28.4 Å². The Hall–Kier alpha value is -2.26. The molecule has 0 saturated heterocycles. The van der Waals surface area contributed by atoms with Crippen LogP contribution in [0.15, 0.2) is 48.7 Å². The Balaban J connectivity index is 2.09. The number of nitrogens with zero attached hydrogens (tertiary/aromatic N) is 2. The summed E-state index contributed by atoms with van der Waals surface area (Å²) in [4.78, 5) is 9.28. The summed E-state index contributed by atoms with van der Waals surface area (Å²) in [5.41, 5.74) is 6.59. The van der Waals surface area contributed by atoms with Crippen molar-refractivity contribution < 1.29 is 0 Å². The normalized spacial score (nSPS) is 12.5. The molecule has 1 aromatic heterocycles. The first-order valence-corrected chi connectivity index (χ1v) is 7.15. The van der Waals surface area contributed by atoms with Crippen LogP contribution < -0.4 is 5.32 Å². The summed E-state index contributed by atoms with van der Waals surface area (Å²) < 4.78 is 0. The molecule has 3 nitrogen and oxygen atoms in total. The molecule has 106 valence electrons. The van der Waals surface area contributed by atoms with E-state index < -0.39 is 0 Å². The van der Waals surface area contributed by atoms with E-state index in [0.29, 0.717) is 0 Å². The molecule has 1 unspecified atom stereocenters. The smallest absolute Gasteiger partial charge is 0.0890 e. The Morgan fingerprint density at radius 2 is 1.76 bits per heavy atom. The third kappa shape index (κ3) is 2.65. The van der Waals surface area contributed by atoms with E-state index in [9.17, 15) is 0 Å². The third-order valence-electron chi connectivity index (χ3n) is 3.79. The number of aryl methyl sites for hydroxylation is 2.